The van der Waals surface area contributed by atoms with Crippen LogP contribution in [0.1, 0.15) is 22.2 Å². The third kappa shape index (κ3) is 3.37. The van der Waals surface area contributed by atoms with Gasteiger partial charge in [-0.15, -0.1) is 11.3 Å². The fourth-order valence-corrected chi connectivity index (χ4v) is 4.12. The van der Waals surface area contributed by atoms with Gasteiger partial charge in [0.2, 0.25) is 11.7 Å². The van der Waals surface area contributed by atoms with Crippen LogP contribution in [0.15, 0.2) is 78.3 Å². The molecule has 0 N–H and O–H groups in total. The van der Waals surface area contributed by atoms with Crippen LogP contribution in [0.3, 0.4) is 0 Å². The minimum atomic E-state index is -0.00965. The molecular weight excluding hydrogens is 368 g/mol. The Bertz CT molecular complexity index is 1110. The molecule has 0 radical (unpaired) electrons. The summed E-state index contributed by atoms with van der Waals surface area (Å²) >= 11 is 1.43. The van der Waals surface area contributed by atoms with Crippen molar-refractivity contribution in [1.82, 2.24) is 4.57 Å². The van der Waals surface area contributed by atoms with Crippen LogP contribution >= 0.6 is 11.3 Å². The zero-order valence-corrected chi connectivity index (χ0v) is 16.4. The summed E-state index contributed by atoms with van der Waals surface area (Å²) in [6, 6.07) is 21.1. The van der Waals surface area contributed by atoms with Crippen LogP contribution in [-0.2, 0) is 11.3 Å². The highest BCUT2D eigenvalue weighted by Crippen LogP contribution is 2.26. The molecule has 0 aliphatic carbocycles. The number of carbonyl (C=O) groups is 2. The van der Waals surface area contributed by atoms with Gasteiger partial charge in [0, 0.05) is 34.9 Å². The zero-order chi connectivity index (χ0) is 19.5. The van der Waals surface area contributed by atoms with Gasteiger partial charge in [-0.1, -0.05) is 42.5 Å². The van der Waals surface area contributed by atoms with Crippen LogP contribution in [-0.4, -0.2) is 22.8 Å². The topological polar surface area (TPSA) is 42.3 Å². The number of aromatic nitrogens is 1. The minimum absolute atomic E-state index is 0.00666. The molecule has 0 fully saturated rings. The highest BCUT2D eigenvalue weighted by Gasteiger charge is 2.20. The number of rotatable bonds is 6. The quantitative estimate of drug-likeness (QED) is 0.437. The molecule has 0 saturated carbocycles. The van der Waals surface area contributed by atoms with E-state index < -0.39 is 0 Å². The van der Waals surface area contributed by atoms with E-state index in [9.17, 15) is 9.59 Å². The van der Waals surface area contributed by atoms with Gasteiger partial charge in [-0.3, -0.25) is 9.59 Å². The van der Waals surface area contributed by atoms with Gasteiger partial charge < -0.3 is 9.47 Å². The summed E-state index contributed by atoms with van der Waals surface area (Å²) < 4.78 is 1.88. The monoisotopic (exact) mass is 388 g/mol. The third-order valence-electron chi connectivity index (χ3n) is 4.77. The van der Waals surface area contributed by atoms with E-state index in [1.54, 1.807) is 4.90 Å². The van der Waals surface area contributed by atoms with Gasteiger partial charge in [-0.05, 0) is 36.6 Å². The maximum Gasteiger partial charge on any atom is 0.246 e. The van der Waals surface area contributed by atoms with Gasteiger partial charge in [0.05, 0.1) is 4.88 Å². The Kier molecular flexibility index (Phi) is 5.08. The molecule has 2 aromatic heterocycles. The number of nitrogens with zero attached hydrogens (tertiary/aromatic N) is 2. The summed E-state index contributed by atoms with van der Waals surface area (Å²) in [5, 5.41) is 2.77. The summed E-state index contributed by atoms with van der Waals surface area (Å²) in [4.78, 5) is 28.4. The fraction of sp³-hybridized carbons (Fsp3) is 0.130. The van der Waals surface area contributed by atoms with Gasteiger partial charge in [0.25, 0.3) is 0 Å². The second-order valence-electron chi connectivity index (χ2n) is 6.47. The molecule has 1 amide bonds. The molecule has 0 unspecified atom stereocenters. The molecule has 0 bridgehead atoms. The Labute approximate surface area is 167 Å². The second kappa shape index (κ2) is 7.82. The first kappa shape index (κ1) is 18.2. The maximum absolute atomic E-state index is 13.0. The van der Waals surface area contributed by atoms with Crippen molar-refractivity contribution in [3.05, 3.63) is 88.7 Å². The van der Waals surface area contributed by atoms with E-state index in [0.717, 1.165) is 16.6 Å². The maximum atomic E-state index is 13.0. The van der Waals surface area contributed by atoms with Crippen molar-refractivity contribution in [3.8, 4) is 0 Å². The highest BCUT2D eigenvalue weighted by atomic mass is 32.1. The number of benzene rings is 2. The summed E-state index contributed by atoms with van der Waals surface area (Å²) in [5.41, 5.74) is 2.40. The number of carbonyl (C=O) groups excluding carboxylic acids is 2. The van der Waals surface area contributed by atoms with Gasteiger partial charge in [0.15, 0.2) is 0 Å². The van der Waals surface area contributed by atoms with Crippen LogP contribution in [0.5, 0.6) is 0 Å². The molecule has 4 aromatic rings. The van der Waals surface area contributed by atoms with Gasteiger partial charge in [-0.25, -0.2) is 0 Å². The van der Waals surface area contributed by atoms with Crippen LogP contribution in [0.2, 0.25) is 0 Å². The summed E-state index contributed by atoms with van der Waals surface area (Å²) in [6.45, 7) is 2.73. The lowest BCUT2D eigenvalue weighted by atomic mass is 10.1. The standard InChI is InChI=1S/C23H20N2O2S/c1-2-25(17-9-4-3-5-10-17)22(26)16-24-15-19(18-11-6-7-12-20(18)24)23(27)21-13-8-14-28-21/h3-15H,2,16H2,1H3. The Balaban J connectivity index is 1.69. The molecule has 4 nitrogen and oxygen atoms in total. The number of anilines is 1. The molecule has 0 aliphatic heterocycles. The van der Waals surface area contributed by atoms with E-state index in [0.29, 0.717) is 17.0 Å². The lowest BCUT2D eigenvalue weighted by Gasteiger charge is -2.21. The fourth-order valence-electron chi connectivity index (χ4n) is 3.44. The van der Waals surface area contributed by atoms with Crippen LogP contribution in [0, 0.1) is 0 Å². The Morgan fingerprint density at radius 3 is 2.43 bits per heavy atom. The number of hydrogen-bond acceptors (Lipinski definition) is 3. The Hall–Kier alpha value is -3.18. The predicted octanol–water partition coefficient (Wildman–Crippen LogP) is 4.99. The number of thiophene rings is 1. The molecule has 0 saturated heterocycles. The van der Waals surface area contributed by atoms with Crippen LogP contribution in [0.25, 0.3) is 10.9 Å². The third-order valence-corrected chi connectivity index (χ3v) is 5.64. The first-order chi connectivity index (χ1) is 13.7. The molecule has 28 heavy (non-hydrogen) atoms. The SMILES string of the molecule is CCN(C(=O)Cn1cc(C(=O)c2cccs2)c2ccccc21)c1ccccc1. The summed E-state index contributed by atoms with van der Waals surface area (Å²) in [6.07, 6.45) is 1.81. The molecule has 0 aliphatic rings. The van der Waals surface area contributed by atoms with E-state index in [-0.39, 0.29) is 18.2 Å². The molecular formula is C23H20N2O2S. The van der Waals surface area contributed by atoms with E-state index in [2.05, 4.69) is 0 Å². The minimum Gasteiger partial charge on any atom is -0.337 e. The average molecular weight is 388 g/mol. The number of hydrogen-bond donors (Lipinski definition) is 0. The predicted molar refractivity (Wildman–Crippen MR) is 114 cm³/mol. The molecule has 2 heterocycles. The second-order valence-corrected chi connectivity index (χ2v) is 7.42. The first-order valence-electron chi connectivity index (χ1n) is 9.20. The number of para-hydroxylation sites is 2. The molecule has 140 valence electrons. The van der Waals surface area contributed by atoms with E-state index >= 15 is 0 Å². The van der Waals surface area contributed by atoms with Crippen molar-refractivity contribution in [3.63, 3.8) is 0 Å². The molecule has 0 spiro atoms. The largest absolute Gasteiger partial charge is 0.337 e. The Morgan fingerprint density at radius 1 is 0.964 bits per heavy atom. The average Bonchev–Trinajstić information content (AvgIpc) is 3.38. The smallest absolute Gasteiger partial charge is 0.246 e. The Morgan fingerprint density at radius 2 is 1.71 bits per heavy atom. The number of amides is 1. The van der Waals surface area contributed by atoms with Crippen molar-refractivity contribution in [2.24, 2.45) is 0 Å². The van der Waals surface area contributed by atoms with E-state index in [1.165, 1.54) is 11.3 Å². The summed E-state index contributed by atoms with van der Waals surface area (Å²) in [5.74, 6) is -0.0163. The van der Waals surface area contributed by atoms with Crippen LogP contribution in [0.4, 0.5) is 5.69 Å². The van der Waals surface area contributed by atoms with E-state index in [4.69, 9.17) is 0 Å². The van der Waals surface area contributed by atoms with Crippen molar-refractivity contribution in [1.29, 1.82) is 0 Å². The van der Waals surface area contributed by atoms with Crippen molar-refractivity contribution >= 4 is 39.6 Å². The van der Waals surface area contributed by atoms with Crippen molar-refractivity contribution < 1.29 is 9.59 Å². The molecule has 4 rings (SSSR count). The lowest BCUT2D eigenvalue weighted by Crippen LogP contribution is -2.33. The zero-order valence-electron chi connectivity index (χ0n) is 15.5. The van der Waals surface area contributed by atoms with E-state index in [1.807, 2.05) is 89.8 Å². The van der Waals surface area contributed by atoms with Gasteiger partial charge in [-0.2, -0.15) is 0 Å². The van der Waals surface area contributed by atoms with Crippen LogP contribution < -0.4 is 4.90 Å². The number of likely N-dealkylation sites (N-methyl/N-ethyl adjacent to an activating group) is 1. The van der Waals surface area contributed by atoms with Gasteiger partial charge >= 0.3 is 0 Å². The number of ketones is 1. The molecule has 2 aromatic carbocycles. The normalized spacial score (nSPS) is 10.9. The first-order valence-corrected chi connectivity index (χ1v) is 10.1. The lowest BCUT2D eigenvalue weighted by molar-refractivity contribution is -0.119. The van der Waals surface area contributed by atoms with Crippen molar-refractivity contribution in [2.75, 3.05) is 11.4 Å². The number of fused-ring (bicyclic) bond motifs is 1. The molecule has 5 heteroatoms. The summed E-state index contributed by atoms with van der Waals surface area (Å²) in [7, 11) is 0. The molecule has 0 atom stereocenters. The van der Waals surface area contributed by atoms with Gasteiger partial charge in [0.1, 0.15) is 6.54 Å². The highest BCUT2D eigenvalue weighted by molar-refractivity contribution is 7.12. The van der Waals surface area contributed by atoms with Crippen molar-refractivity contribution in [2.45, 2.75) is 13.5 Å².